The predicted octanol–water partition coefficient (Wildman–Crippen LogP) is 2.32. The van der Waals surface area contributed by atoms with E-state index in [4.69, 9.17) is 0 Å². The van der Waals surface area contributed by atoms with Gasteiger partial charge in [-0.3, -0.25) is 14.4 Å². The van der Waals surface area contributed by atoms with Crippen molar-refractivity contribution in [2.75, 3.05) is 20.1 Å². The summed E-state index contributed by atoms with van der Waals surface area (Å²) in [5, 5.41) is 10.6. The number of fused-ring (bicyclic) bond motifs is 1. The Bertz CT molecular complexity index is 985. The molecule has 2 aliphatic heterocycles. The third-order valence-electron chi connectivity index (χ3n) is 6.86. The van der Waals surface area contributed by atoms with Crippen LogP contribution in [0.4, 0.5) is 0 Å². The fourth-order valence-electron chi connectivity index (χ4n) is 4.91. The fraction of sp³-hybridized carbons (Fsp3) is 0.476. The minimum Gasteiger partial charge on any atom is -0.481 e. The van der Waals surface area contributed by atoms with Crippen molar-refractivity contribution >= 4 is 28.7 Å². The number of nitrogens with zero attached hydrogens (tertiary/aromatic N) is 2. The van der Waals surface area contributed by atoms with Gasteiger partial charge in [-0.2, -0.15) is 0 Å². The third-order valence-corrected chi connectivity index (χ3v) is 6.86. The number of aryl methyl sites for hydroxylation is 2. The minimum absolute atomic E-state index is 0.0418. The molecule has 148 valence electrons. The quantitative estimate of drug-likeness (QED) is 0.832. The maximum Gasteiger partial charge on any atom is 0.309 e. The zero-order chi connectivity index (χ0) is 20.2. The number of aromatic amines is 1. The van der Waals surface area contributed by atoms with Crippen molar-refractivity contribution in [1.29, 1.82) is 0 Å². The Labute approximate surface area is 163 Å². The van der Waals surface area contributed by atoms with Crippen LogP contribution >= 0.6 is 0 Å². The van der Waals surface area contributed by atoms with Crippen LogP contribution in [0.15, 0.2) is 18.2 Å². The van der Waals surface area contributed by atoms with Gasteiger partial charge in [-0.25, -0.2) is 0 Å². The molecule has 2 N–H and O–H groups in total. The van der Waals surface area contributed by atoms with Crippen LogP contribution in [0.1, 0.15) is 40.9 Å². The number of carboxylic acids is 1. The van der Waals surface area contributed by atoms with Gasteiger partial charge >= 0.3 is 5.97 Å². The third kappa shape index (κ3) is 2.52. The molecule has 2 aliphatic rings. The molecule has 7 nitrogen and oxygen atoms in total. The Hall–Kier alpha value is -2.83. The van der Waals surface area contributed by atoms with Gasteiger partial charge < -0.3 is 19.9 Å². The number of benzene rings is 1. The maximum absolute atomic E-state index is 13.2. The average molecular weight is 383 g/mol. The standard InChI is InChI=1S/C21H25N3O4/c1-12-13(2)22-18-14(12)5-4-6-15(18)19(26)24-9-7-21(8-10-24)16(20(27)28)11-17(25)23(21)3/h4-6,16,22H,7-11H2,1-3H3,(H,27,28). The molecule has 1 atom stereocenters. The molecule has 1 aromatic carbocycles. The van der Waals surface area contributed by atoms with Crippen molar-refractivity contribution in [2.24, 2.45) is 5.92 Å². The van der Waals surface area contributed by atoms with Gasteiger partial charge in [-0.05, 0) is 38.3 Å². The van der Waals surface area contributed by atoms with Crippen molar-refractivity contribution in [3.8, 4) is 0 Å². The molecule has 0 aliphatic carbocycles. The SMILES string of the molecule is Cc1[nH]c2c(C(=O)N3CCC4(CC3)C(C(=O)O)CC(=O)N4C)cccc2c1C. The number of hydrogen-bond donors (Lipinski definition) is 2. The van der Waals surface area contributed by atoms with E-state index in [0.717, 1.165) is 22.2 Å². The number of piperidine rings is 1. The predicted molar refractivity (Wildman–Crippen MR) is 104 cm³/mol. The lowest BCUT2D eigenvalue weighted by atomic mass is 9.77. The number of aromatic nitrogens is 1. The summed E-state index contributed by atoms with van der Waals surface area (Å²) in [4.78, 5) is 43.8. The van der Waals surface area contributed by atoms with E-state index in [1.807, 2.05) is 32.0 Å². The van der Waals surface area contributed by atoms with Crippen molar-refractivity contribution in [3.63, 3.8) is 0 Å². The largest absolute Gasteiger partial charge is 0.481 e. The number of hydrogen-bond acceptors (Lipinski definition) is 3. The summed E-state index contributed by atoms with van der Waals surface area (Å²) in [6.07, 6.45) is 1.01. The Morgan fingerprint density at radius 3 is 2.54 bits per heavy atom. The van der Waals surface area contributed by atoms with Gasteiger partial charge in [0.1, 0.15) is 0 Å². The number of carbonyl (C=O) groups excluding carboxylic acids is 2. The monoisotopic (exact) mass is 383 g/mol. The highest BCUT2D eigenvalue weighted by molar-refractivity contribution is 6.06. The molecule has 0 bridgehead atoms. The number of amides is 2. The smallest absolute Gasteiger partial charge is 0.309 e. The van der Waals surface area contributed by atoms with Crippen LogP contribution in [-0.2, 0) is 9.59 Å². The van der Waals surface area contributed by atoms with Crippen LogP contribution in [0.25, 0.3) is 10.9 Å². The maximum atomic E-state index is 13.2. The van der Waals surface area contributed by atoms with Crippen LogP contribution in [0.5, 0.6) is 0 Å². The first-order chi connectivity index (χ1) is 13.3. The molecule has 0 radical (unpaired) electrons. The first kappa shape index (κ1) is 18.5. The Balaban J connectivity index is 1.59. The van der Waals surface area contributed by atoms with E-state index in [-0.39, 0.29) is 18.2 Å². The summed E-state index contributed by atoms with van der Waals surface area (Å²) < 4.78 is 0. The molecule has 1 spiro atoms. The van der Waals surface area contributed by atoms with Gasteiger partial charge in [0.25, 0.3) is 5.91 Å². The van der Waals surface area contributed by atoms with E-state index >= 15 is 0 Å². The Morgan fingerprint density at radius 2 is 1.89 bits per heavy atom. The van der Waals surface area contributed by atoms with Gasteiger partial charge in [0.2, 0.25) is 5.91 Å². The highest BCUT2D eigenvalue weighted by Gasteiger charge is 2.55. The van der Waals surface area contributed by atoms with E-state index in [0.29, 0.717) is 31.5 Å². The lowest BCUT2D eigenvalue weighted by Gasteiger charge is -2.45. The molecule has 2 amide bonds. The molecule has 3 heterocycles. The van der Waals surface area contributed by atoms with Gasteiger partial charge in [0.15, 0.2) is 0 Å². The number of likely N-dealkylation sites (tertiary alicyclic amines) is 2. The zero-order valence-electron chi connectivity index (χ0n) is 16.4. The van der Waals surface area contributed by atoms with E-state index in [2.05, 4.69) is 4.98 Å². The molecule has 28 heavy (non-hydrogen) atoms. The molecule has 0 saturated carbocycles. The van der Waals surface area contributed by atoms with Crippen molar-refractivity contribution < 1.29 is 19.5 Å². The zero-order valence-corrected chi connectivity index (χ0v) is 16.4. The van der Waals surface area contributed by atoms with Gasteiger partial charge in [0.05, 0.1) is 22.5 Å². The highest BCUT2D eigenvalue weighted by Crippen LogP contribution is 2.43. The number of aliphatic carboxylic acids is 1. The van der Waals surface area contributed by atoms with Crippen LogP contribution in [0.3, 0.4) is 0 Å². The summed E-state index contributed by atoms with van der Waals surface area (Å²) in [5.74, 6) is -1.83. The number of H-pyrrole nitrogens is 1. The molecule has 2 aromatic rings. The first-order valence-corrected chi connectivity index (χ1v) is 9.63. The Kier molecular flexibility index (Phi) is 4.21. The molecule has 1 aromatic heterocycles. The summed E-state index contributed by atoms with van der Waals surface area (Å²) in [5.41, 5.74) is 2.97. The topological polar surface area (TPSA) is 93.7 Å². The van der Waals surface area contributed by atoms with Gasteiger partial charge in [0, 0.05) is 37.6 Å². The first-order valence-electron chi connectivity index (χ1n) is 9.63. The normalized spacial score (nSPS) is 21.7. The van der Waals surface area contributed by atoms with E-state index < -0.39 is 17.4 Å². The van der Waals surface area contributed by atoms with Crippen LogP contribution in [0, 0.1) is 19.8 Å². The van der Waals surface area contributed by atoms with E-state index in [9.17, 15) is 19.5 Å². The lowest BCUT2D eigenvalue weighted by Crippen LogP contribution is -2.56. The second-order valence-electron chi connectivity index (χ2n) is 8.05. The fourth-order valence-corrected chi connectivity index (χ4v) is 4.91. The second-order valence-corrected chi connectivity index (χ2v) is 8.05. The number of rotatable bonds is 2. The molecule has 4 rings (SSSR count). The summed E-state index contributed by atoms with van der Waals surface area (Å²) in [6, 6.07) is 5.73. The molecule has 2 saturated heterocycles. The highest BCUT2D eigenvalue weighted by atomic mass is 16.4. The van der Waals surface area contributed by atoms with Crippen LogP contribution in [-0.4, -0.2) is 63.4 Å². The number of carbonyl (C=O) groups is 3. The summed E-state index contributed by atoms with van der Waals surface area (Å²) >= 11 is 0. The average Bonchev–Trinajstić information content (AvgIpc) is 3.11. The van der Waals surface area contributed by atoms with Gasteiger partial charge in [-0.1, -0.05) is 12.1 Å². The minimum atomic E-state index is -0.931. The Morgan fingerprint density at radius 1 is 1.21 bits per heavy atom. The lowest BCUT2D eigenvalue weighted by molar-refractivity contribution is -0.145. The van der Waals surface area contributed by atoms with Crippen LogP contribution < -0.4 is 0 Å². The van der Waals surface area contributed by atoms with Crippen molar-refractivity contribution in [3.05, 3.63) is 35.0 Å². The number of carboxylic acid groups (broad SMARTS) is 1. The second kappa shape index (κ2) is 6.36. The van der Waals surface area contributed by atoms with Gasteiger partial charge in [-0.15, -0.1) is 0 Å². The summed E-state index contributed by atoms with van der Waals surface area (Å²) in [6.45, 7) is 4.91. The van der Waals surface area contributed by atoms with E-state index in [1.54, 1.807) is 16.8 Å². The summed E-state index contributed by atoms with van der Waals surface area (Å²) in [7, 11) is 1.69. The van der Waals surface area contributed by atoms with Crippen molar-refractivity contribution in [2.45, 2.75) is 38.6 Å². The number of nitrogens with one attached hydrogen (secondary N) is 1. The molecular weight excluding hydrogens is 358 g/mol. The van der Waals surface area contributed by atoms with Crippen molar-refractivity contribution in [1.82, 2.24) is 14.8 Å². The molecule has 2 fully saturated rings. The van der Waals surface area contributed by atoms with E-state index in [1.165, 1.54) is 0 Å². The molecular formula is C21H25N3O4. The molecule has 7 heteroatoms. The molecule has 1 unspecified atom stereocenters. The number of para-hydroxylation sites is 1. The van der Waals surface area contributed by atoms with Crippen LogP contribution in [0.2, 0.25) is 0 Å².